The van der Waals surface area contributed by atoms with Crippen molar-refractivity contribution in [1.82, 2.24) is 19.5 Å². The molecular formula is C12H14BrN5O. The minimum Gasteiger partial charge on any atom is -0.334 e. The van der Waals surface area contributed by atoms with Gasteiger partial charge in [-0.25, -0.2) is 9.50 Å². The van der Waals surface area contributed by atoms with Gasteiger partial charge >= 0.3 is 0 Å². The van der Waals surface area contributed by atoms with Crippen LogP contribution in [0.3, 0.4) is 0 Å². The van der Waals surface area contributed by atoms with E-state index in [9.17, 15) is 4.79 Å². The van der Waals surface area contributed by atoms with Crippen LogP contribution in [0.15, 0.2) is 22.8 Å². The van der Waals surface area contributed by atoms with Crippen molar-refractivity contribution in [2.75, 3.05) is 13.1 Å². The molecule has 0 unspecified atom stereocenters. The molecule has 3 heterocycles. The van der Waals surface area contributed by atoms with E-state index in [0.717, 1.165) is 4.47 Å². The average Bonchev–Trinajstić information content (AvgIpc) is 2.92. The Hall–Kier alpha value is -1.47. The zero-order chi connectivity index (χ0) is 13.6. The van der Waals surface area contributed by atoms with Crippen LogP contribution in [-0.4, -0.2) is 44.5 Å². The van der Waals surface area contributed by atoms with E-state index in [0.29, 0.717) is 24.7 Å². The monoisotopic (exact) mass is 323 g/mol. The largest absolute Gasteiger partial charge is 0.334 e. The Balaban J connectivity index is 1.90. The number of hydrogen-bond acceptors (Lipinski definition) is 4. The Morgan fingerprint density at radius 2 is 2.26 bits per heavy atom. The lowest BCUT2D eigenvalue weighted by Gasteiger charge is -2.12. The van der Waals surface area contributed by atoms with Gasteiger partial charge in [-0.3, -0.25) is 4.79 Å². The summed E-state index contributed by atoms with van der Waals surface area (Å²) in [5.74, 6) is 0.383. The third kappa shape index (κ3) is 2.23. The summed E-state index contributed by atoms with van der Waals surface area (Å²) in [6.45, 7) is 3.28. The highest BCUT2D eigenvalue weighted by molar-refractivity contribution is 9.10. The minimum atomic E-state index is -0.153. The smallest absolute Gasteiger partial charge is 0.293 e. The number of carbonyl (C=O) groups excluding carboxylic acids is 1. The number of likely N-dealkylation sites (tertiary alicyclic amines) is 1. The summed E-state index contributed by atoms with van der Waals surface area (Å²) in [4.78, 5) is 18.3. The minimum absolute atomic E-state index is 0.0372. The van der Waals surface area contributed by atoms with E-state index < -0.39 is 0 Å². The van der Waals surface area contributed by atoms with E-state index in [2.05, 4.69) is 26.0 Å². The van der Waals surface area contributed by atoms with Gasteiger partial charge in [-0.1, -0.05) is 6.92 Å². The fourth-order valence-corrected chi connectivity index (χ4v) is 2.57. The summed E-state index contributed by atoms with van der Waals surface area (Å²) in [7, 11) is 0. The first-order valence-electron chi connectivity index (χ1n) is 6.11. The zero-order valence-corrected chi connectivity index (χ0v) is 12.0. The molecule has 0 radical (unpaired) electrons. The lowest BCUT2D eigenvalue weighted by Crippen LogP contribution is -2.32. The van der Waals surface area contributed by atoms with Crippen LogP contribution in [0.2, 0.25) is 0 Å². The molecular weight excluding hydrogens is 310 g/mol. The maximum Gasteiger partial charge on any atom is 0.293 e. The summed E-state index contributed by atoms with van der Waals surface area (Å²) in [6.07, 6.45) is 1.78. The summed E-state index contributed by atoms with van der Waals surface area (Å²) >= 11 is 3.36. The summed E-state index contributed by atoms with van der Waals surface area (Å²) in [5.41, 5.74) is 6.59. The summed E-state index contributed by atoms with van der Waals surface area (Å²) < 4.78 is 2.48. The third-order valence-electron chi connectivity index (χ3n) is 3.44. The lowest BCUT2D eigenvalue weighted by atomic mass is 10.1. The molecule has 7 heteroatoms. The van der Waals surface area contributed by atoms with Crippen molar-refractivity contribution in [3.8, 4) is 0 Å². The van der Waals surface area contributed by atoms with Gasteiger partial charge in [0.1, 0.15) is 0 Å². The maximum atomic E-state index is 12.3. The van der Waals surface area contributed by atoms with E-state index >= 15 is 0 Å². The Kier molecular flexibility index (Phi) is 3.02. The van der Waals surface area contributed by atoms with E-state index in [1.807, 2.05) is 19.1 Å². The molecule has 1 saturated heterocycles. The molecule has 0 aliphatic carbocycles. The summed E-state index contributed by atoms with van der Waals surface area (Å²) in [5, 5.41) is 4.21. The van der Waals surface area contributed by atoms with E-state index in [-0.39, 0.29) is 17.8 Å². The van der Waals surface area contributed by atoms with Crippen molar-refractivity contribution < 1.29 is 4.79 Å². The number of pyridine rings is 1. The molecule has 0 spiro atoms. The fourth-order valence-electron chi connectivity index (χ4n) is 2.25. The van der Waals surface area contributed by atoms with Crippen LogP contribution in [0.4, 0.5) is 0 Å². The predicted octanol–water partition coefficient (Wildman–Crippen LogP) is 0.911. The Morgan fingerprint density at radius 3 is 2.95 bits per heavy atom. The Labute approximate surface area is 118 Å². The highest BCUT2D eigenvalue weighted by Gasteiger charge is 2.32. The highest BCUT2D eigenvalue weighted by Crippen LogP contribution is 2.17. The highest BCUT2D eigenvalue weighted by atomic mass is 79.9. The molecule has 3 rings (SSSR count). The van der Waals surface area contributed by atoms with Crippen molar-refractivity contribution in [1.29, 1.82) is 0 Å². The van der Waals surface area contributed by atoms with Gasteiger partial charge in [-0.15, -0.1) is 5.10 Å². The van der Waals surface area contributed by atoms with Gasteiger partial charge in [0.05, 0.1) is 0 Å². The summed E-state index contributed by atoms with van der Waals surface area (Å²) in [6, 6.07) is 3.72. The first kappa shape index (κ1) is 12.6. The van der Waals surface area contributed by atoms with Crippen LogP contribution in [0.25, 0.3) is 5.65 Å². The second-order valence-corrected chi connectivity index (χ2v) is 5.85. The molecule has 1 aliphatic rings. The molecule has 2 atom stereocenters. The molecule has 19 heavy (non-hydrogen) atoms. The van der Waals surface area contributed by atoms with Crippen molar-refractivity contribution in [2.24, 2.45) is 11.7 Å². The molecule has 1 amide bonds. The van der Waals surface area contributed by atoms with Crippen molar-refractivity contribution in [3.63, 3.8) is 0 Å². The standard InChI is InChI=1S/C12H14BrN5O/c1-7-4-17(6-9(7)14)12(19)11-15-10-3-2-8(13)5-18(10)16-11/h2-3,5,7,9H,4,6,14H2,1H3/t7-,9-/m1/s1. The first-order valence-corrected chi connectivity index (χ1v) is 6.90. The van der Waals surface area contributed by atoms with Crippen LogP contribution in [0.1, 0.15) is 17.5 Å². The van der Waals surface area contributed by atoms with Gasteiger partial charge in [0.15, 0.2) is 5.65 Å². The van der Waals surface area contributed by atoms with E-state index in [4.69, 9.17) is 5.73 Å². The van der Waals surface area contributed by atoms with Gasteiger partial charge in [0.25, 0.3) is 5.91 Å². The van der Waals surface area contributed by atoms with Gasteiger partial charge in [0.2, 0.25) is 5.82 Å². The number of amides is 1. The number of fused-ring (bicyclic) bond motifs is 1. The third-order valence-corrected chi connectivity index (χ3v) is 3.91. The first-order chi connectivity index (χ1) is 9.04. The number of halogens is 1. The van der Waals surface area contributed by atoms with Crippen LogP contribution in [0, 0.1) is 5.92 Å². The van der Waals surface area contributed by atoms with E-state index in [1.165, 1.54) is 0 Å². The maximum absolute atomic E-state index is 12.3. The second-order valence-electron chi connectivity index (χ2n) is 4.94. The Bertz CT molecular complexity index is 630. The number of rotatable bonds is 1. The van der Waals surface area contributed by atoms with Crippen LogP contribution in [0.5, 0.6) is 0 Å². The van der Waals surface area contributed by atoms with Crippen molar-refractivity contribution in [2.45, 2.75) is 13.0 Å². The van der Waals surface area contributed by atoms with Crippen molar-refractivity contribution >= 4 is 27.5 Å². The number of nitrogens with two attached hydrogens (primary N) is 1. The van der Waals surface area contributed by atoms with Crippen molar-refractivity contribution in [3.05, 3.63) is 28.6 Å². The molecule has 1 fully saturated rings. The Morgan fingerprint density at radius 1 is 1.47 bits per heavy atom. The second kappa shape index (κ2) is 4.57. The van der Waals surface area contributed by atoms with Crippen LogP contribution in [-0.2, 0) is 0 Å². The molecule has 100 valence electrons. The zero-order valence-electron chi connectivity index (χ0n) is 10.5. The molecule has 2 N–H and O–H groups in total. The average molecular weight is 324 g/mol. The molecule has 0 saturated carbocycles. The van der Waals surface area contributed by atoms with Gasteiger partial charge in [-0.2, -0.15) is 0 Å². The number of carbonyl (C=O) groups is 1. The van der Waals surface area contributed by atoms with Gasteiger partial charge < -0.3 is 10.6 Å². The van der Waals surface area contributed by atoms with Crippen LogP contribution < -0.4 is 5.73 Å². The molecule has 0 bridgehead atoms. The number of nitrogens with zero attached hydrogens (tertiary/aromatic N) is 4. The predicted molar refractivity (Wildman–Crippen MR) is 73.7 cm³/mol. The van der Waals surface area contributed by atoms with Gasteiger partial charge in [-0.05, 0) is 34.0 Å². The molecule has 2 aromatic heterocycles. The SMILES string of the molecule is C[C@@H]1CN(C(=O)c2nc3ccc(Br)cn3n2)C[C@H]1N. The van der Waals surface area contributed by atoms with Crippen LogP contribution >= 0.6 is 15.9 Å². The topological polar surface area (TPSA) is 76.5 Å². The van der Waals surface area contributed by atoms with E-state index in [1.54, 1.807) is 15.6 Å². The number of aromatic nitrogens is 3. The molecule has 0 aromatic carbocycles. The lowest BCUT2D eigenvalue weighted by molar-refractivity contribution is 0.0775. The normalized spacial score (nSPS) is 23.2. The number of hydrogen-bond donors (Lipinski definition) is 1. The molecule has 1 aliphatic heterocycles. The fraction of sp³-hybridized carbons (Fsp3) is 0.417. The molecule has 6 nitrogen and oxygen atoms in total. The quantitative estimate of drug-likeness (QED) is 0.846. The molecule has 2 aromatic rings. The van der Waals surface area contributed by atoms with Gasteiger partial charge in [0, 0.05) is 29.8 Å².